The molecule has 0 fully saturated rings. The number of anilines is 1. The smallest absolute Gasteiger partial charge is 0.319 e. The van der Waals surface area contributed by atoms with Gasteiger partial charge in [0.2, 0.25) is 0 Å². The van der Waals surface area contributed by atoms with Crippen LogP contribution in [0.3, 0.4) is 0 Å². The van der Waals surface area contributed by atoms with Gasteiger partial charge in [0.05, 0.1) is 6.04 Å². The van der Waals surface area contributed by atoms with E-state index in [2.05, 4.69) is 10.6 Å². The maximum Gasteiger partial charge on any atom is 0.319 e. The first-order valence-electron chi connectivity index (χ1n) is 8.00. The van der Waals surface area contributed by atoms with Crippen molar-refractivity contribution in [1.29, 1.82) is 0 Å². The average molecular weight is 326 g/mol. The Morgan fingerprint density at radius 1 is 1.17 bits per heavy atom. The number of amides is 2. The molecule has 2 aromatic rings. The van der Waals surface area contributed by atoms with Gasteiger partial charge in [0.15, 0.2) is 5.78 Å². The first-order chi connectivity index (χ1) is 11.5. The third kappa shape index (κ3) is 3.62. The van der Waals surface area contributed by atoms with Gasteiger partial charge in [-0.1, -0.05) is 18.2 Å². The molecule has 1 aliphatic carbocycles. The van der Waals surface area contributed by atoms with Gasteiger partial charge in [-0.15, -0.1) is 0 Å². The van der Waals surface area contributed by atoms with Crippen LogP contribution in [0.15, 0.2) is 42.5 Å². The number of hydrogen-bond donors (Lipinski definition) is 2. The lowest BCUT2D eigenvalue weighted by Gasteiger charge is -2.26. The molecule has 0 saturated heterocycles. The quantitative estimate of drug-likeness (QED) is 0.829. The zero-order valence-electron chi connectivity index (χ0n) is 13.4. The average Bonchev–Trinajstić information content (AvgIpc) is 2.55. The number of urea groups is 1. The van der Waals surface area contributed by atoms with E-state index in [4.69, 9.17) is 0 Å². The van der Waals surface area contributed by atoms with Crippen LogP contribution in [0.5, 0.6) is 0 Å². The summed E-state index contributed by atoms with van der Waals surface area (Å²) in [5.74, 6) is -0.304. The van der Waals surface area contributed by atoms with Crippen molar-refractivity contribution in [1.82, 2.24) is 5.32 Å². The van der Waals surface area contributed by atoms with Crippen molar-refractivity contribution in [2.75, 3.05) is 5.32 Å². The number of hydrogen-bond acceptors (Lipinski definition) is 2. The lowest BCUT2D eigenvalue weighted by atomic mass is 9.88. The third-order valence-electron chi connectivity index (χ3n) is 4.25. The second-order valence-electron chi connectivity index (χ2n) is 6.02. The maximum atomic E-state index is 13.3. The van der Waals surface area contributed by atoms with E-state index >= 15 is 0 Å². The number of carbonyl (C=O) groups excluding carboxylic acids is 2. The topological polar surface area (TPSA) is 58.2 Å². The molecule has 0 bridgehead atoms. The van der Waals surface area contributed by atoms with Gasteiger partial charge in [-0.3, -0.25) is 4.79 Å². The Hall–Kier alpha value is -2.69. The van der Waals surface area contributed by atoms with Crippen LogP contribution >= 0.6 is 0 Å². The highest BCUT2D eigenvalue weighted by Gasteiger charge is 2.22. The fraction of sp³-hybridized carbons (Fsp3) is 0.263. The fourth-order valence-electron chi connectivity index (χ4n) is 3.07. The van der Waals surface area contributed by atoms with Gasteiger partial charge < -0.3 is 10.6 Å². The SMILES string of the molecule is CC(=O)c1cccc(NC(=O)NC2CCCc3cc(F)ccc32)c1. The molecule has 0 saturated carbocycles. The number of rotatable bonds is 3. The zero-order chi connectivity index (χ0) is 17.1. The van der Waals surface area contributed by atoms with Gasteiger partial charge >= 0.3 is 6.03 Å². The number of ketones is 1. The molecular weight excluding hydrogens is 307 g/mol. The molecular formula is C19H19FN2O2. The molecule has 124 valence electrons. The largest absolute Gasteiger partial charge is 0.331 e. The summed E-state index contributed by atoms with van der Waals surface area (Å²) in [5, 5.41) is 5.68. The van der Waals surface area contributed by atoms with Crippen molar-refractivity contribution in [2.45, 2.75) is 32.2 Å². The standard InChI is InChI=1S/C19H19FN2O2/c1-12(23)13-4-2-6-16(11-13)21-19(24)22-18-7-3-5-14-10-15(20)8-9-17(14)18/h2,4,6,8-11,18H,3,5,7H2,1H3,(H2,21,22,24). The predicted molar refractivity (Wildman–Crippen MR) is 90.7 cm³/mol. The molecule has 4 nitrogen and oxygen atoms in total. The summed E-state index contributed by atoms with van der Waals surface area (Å²) in [4.78, 5) is 23.7. The monoisotopic (exact) mass is 326 g/mol. The Kier molecular flexibility index (Phi) is 4.60. The number of nitrogens with one attached hydrogen (secondary N) is 2. The van der Waals surface area contributed by atoms with Gasteiger partial charge in [-0.2, -0.15) is 0 Å². The zero-order valence-corrected chi connectivity index (χ0v) is 13.4. The molecule has 1 atom stereocenters. The molecule has 5 heteroatoms. The summed E-state index contributed by atoms with van der Waals surface area (Å²) in [7, 11) is 0. The van der Waals surface area contributed by atoms with E-state index in [0.717, 1.165) is 30.4 Å². The minimum atomic E-state index is -0.335. The Bertz CT molecular complexity index is 789. The van der Waals surface area contributed by atoms with Crippen molar-refractivity contribution in [2.24, 2.45) is 0 Å². The van der Waals surface area contributed by atoms with E-state index in [9.17, 15) is 14.0 Å². The molecule has 0 heterocycles. The Morgan fingerprint density at radius 2 is 2.00 bits per heavy atom. The molecule has 2 N–H and O–H groups in total. The predicted octanol–water partition coefficient (Wildman–Crippen LogP) is 4.23. The summed E-state index contributed by atoms with van der Waals surface area (Å²) < 4.78 is 13.3. The minimum Gasteiger partial charge on any atom is -0.331 e. The van der Waals surface area contributed by atoms with Crippen LogP contribution in [0.25, 0.3) is 0 Å². The van der Waals surface area contributed by atoms with Crippen molar-refractivity contribution in [3.63, 3.8) is 0 Å². The lowest BCUT2D eigenvalue weighted by Crippen LogP contribution is -2.34. The van der Waals surface area contributed by atoms with Crippen LogP contribution in [0.4, 0.5) is 14.9 Å². The first-order valence-corrected chi connectivity index (χ1v) is 8.00. The summed E-state index contributed by atoms with van der Waals surface area (Å²) >= 11 is 0. The highest BCUT2D eigenvalue weighted by atomic mass is 19.1. The van der Waals surface area contributed by atoms with Gasteiger partial charge in [-0.25, -0.2) is 9.18 Å². The van der Waals surface area contributed by atoms with Gasteiger partial charge in [0, 0.05) is 11.3 Å². The second-order valence-corrected chi connectivity index (χ2v) is 6.02. The molecule has 0 aromatic heterocycles. The molecule has 2 amide bonds. The van der Waals surface area contributed by atoms with Gasteiger partial charge in [-0.05, 0) is 61.6 Å². The number of fused-ring (bicyclic) bond motifs is 1. The van der Waals surface area contributed by atoms with Crippen LogP contribution < -0.4 is 10.6 Å². The van der Waals surface area contributed by atoms with E-state index in [-0.39, 0.29) is 23.7 Å². The van der Waals surface area contributed by atoms with Crippen LogP contribution in [0.2, 0.25) is 0 Å². The van der Waals surface area contributed by atoms with E-state index in [1.54, 1.807) is 30.3 Å². The van der Waals surface area contributed by atoms with Crippen LogP contribution in [0, 0.1) is 5.82 Å². The molecule has 2 aromatic carbocycles. The molecule has 0 aliphatic heterocycles. The normalized spacial score (nSPS) is 16.2. The van der Waals surface area contributed by atoms with E-state index in [1.165, 1.54) is 19.1 Å². The second kappa shape index (κ2) is 6.83. The lowest BCUT2D eigenvalue weighted by molar-refractivity contribution is 0.101. The number of benzene rings is 2. The molecule has 1 unspecified atom stereocenters. The van der Waals surface area contributed by atoms with Crippen LogP contribution in [0.1, 0.15) is 47.3 Å². The third-order valence-corrected chi connectivity index (χ3v) is 4.25. The highest BCUT2D eigenvalue weighted by Crippen LogP contribution is 2.30. The van der Waals surface area contributed by atoms with E-state index in [0.29, 0.717) is 11.3 Å². The summed E-state index contributed by atoms with van der Waals surface area (Å²) in [5.41, 5.74) is 3.03. The first kappa shape index (κ1) is 16.2. The van der Waals surface area contributed by atoms with Gasteiger partial charge in [0.1, 0.15) is 5.82 Å². The summed E-state index contributed by atoms with van der Waals surface area (Å²) in [6.45, 7) is 1.48. The Labute approximate surface area is 140 Å². The minimum absolute atomic E-state index is 0.0534. The van der Waals surface area contributed by atoms with Gasteiger partial charge in [0.25, 0.3) is 0 Å². The molecule has 0 spiro atoms. The number of halogens is 1. The summed E-state index contributed by atoms with van der Waals surface area (Å²) in [6.07, 6.45) is 2.55. The maximum absolute atomic E-state index is 13.3. The Balaban J connectivity index is 1.70. The molecule has 3 rings (SSSR count). The fourth-order valence-corrected chi connectivity index (χ4v) is 3.07. The molecule has 1 aliphatic rings. The number of carbonyl (C=O) groups is 2. The van der Waals surface area contributed by atoms with Crippen molar-refractivity contribution in [3.05, 3.63) is 65.0 Å². The van der Waals surface area contributed by atoms with Crippen molar-refractivity contribution < 1.29 is 14.0 Å². The molecule has 0 radical (unpaired) electrons. The number of aryl methyl sites for hydroxylation is 1. The van der Waals surface area contributed by atoms with Crippen molar-refractivity contribution in [3.8, 4) is 0 Å². The highest BCUT2D eigenvalue weighted by molar-refractivity contribution is 5.96. The molecule has 24 heavy (non-hydrogen) atoms. The number of Topliss-reactive ketones (excluding diaryl/α,β-unsaturated/α-hetero) is 1. The van der Waals surface area contributed by atoms with Crippen LogP contribution in [-0.2, 0) is 6.42 Å². The van der Waals surface area contributed by atoms with Crippen LogP contribution in [-0.4, -0.2) is 11.8 Å². The summed E-state index contributed by atoms with van der Waals surface area (Å²) in [6, 6.07) is 11.0. The van der Waals surface area contributed by atoms with E-state index in [1.807, 2.05) is 0 Å². The Morgan fingerprint density at radius 3 is 2.79 bits per heavy atom. The van der Waals surface area contributed by atoms with E-state index < -0.39 is 0 Å². The van der Waals surface area contributed by atoms with Crippen molar-refractivity contribution >= 4 is 17.5 Å².